The van der Waals surface area contributed by atoms with Crippen LogP contribution in [0.4, 0.5) is 0 Å². The number of ketones is 1. The summed E-state index contributed by atoms with van der Waals surface area (Å²) in [7, 11) is 0. The molecule has 16 heavy (non-hydrogen) atoms. The van der Waals surface area contributed by atoms with Gasteiger partial charge in [0, 0.05) is 24.8 Å². The molecule has 1 unspecified atom stereocenters. The first-order valence-corrected chi connectivity index (χ1v) is 5.84. The lowest BCUT2D eigenvalue weighted by atomic mass is 9.75. The minimum absolute atomic E-state index is 0.0379. The molecule has 0 spiro atoms. The first-order chi connectivity index (χ1) is 7.23. The number of Topliss-reactive ketones (excluding diaryl/α,β-unsaturated/α-hetero) is 1. The van der Waals surface area contributed by atoms with Crippen LogP contribution in [0.15, 0.2) is 23.5 Å². The summed E-state index contributed by atoms with van der Waals surface area (Å²) in [6.45, 7) is 12.2. The van der Waals surface area contributed by atoms with Gasteiger partial charge in [-0.3, -0.25) is 4.79 Å². The van der Waals surface area contributed by atoms with E-state index in [2.05, 4.69) is 20.4 Å². The lowest BCUT2D eigenvalue weighted by Gasteiger charge is -2.30. The number of hydrogen-bond donors (Lipinski definition) is 0. The summed E-state index contributed by atoms with van der Waals surface area (Å²) in [5.74, 6) is 1.17. The number of hydrogen-bond acceptors (Lipinski definition) is 2. The summed E-state index contributed by atoms with van der Waals surface area (Å²) in [4.78, 5) is 12.0. The highest BCUT2D eigenvalue weighted by molar-refractivity contribution is 5.97. The number of carbonyl (C=O) groups excluding carboxylic acids is 1. The van der Waals surface area contributed by atoms with E-state index in [1.54, 1.807) is 0 Å². The molecule has 0 saturated heterocycles. The van der Waals surface area contributed by atoms with Crippen LogP contribution >= 0.6 is 0 Å². The maximum absolute atomic E-state index is 12.0. The Hall–Kier alpha value is -1.05. The van der Waals surface area contributed by atoms with Crippen LogP contribution in [0.3, 0.4) is 0 Å². The highest BCUT2D eigenvalue weighted by Crippen LogP contribution is 2.47. The van der Waals surface area contributed by atoms with Gasteiger partial charge >= 0.3 is 0 Å². The molecule has 1 aliphatic heterocycles. The molecule has 2 heteroatoms. The Bertz CT molecular complexity index is 401. The van der Waals surface area contributed by atoms with Gasteiger partial charge < -0.3 is 4.74 Å². The van der Waals surface area contributed by atoms with Gasteiger partial charge in [-0.1, -0.05) is 20.4 Å². The van der Waals surface area contributed by atoms with Crippen LogP contribution in [0.25, 0.3) is 0 Å². The van der Waals surface area contributed by atoms with E-state index in [9.17, 15) is 4.79 Å². The molecule has 1 atom stereocenters. The number of ether oxygens (including phenoxy) is 1. The number of rotatable bonds is 1. The lowest BCUT2D eigenvalue weighted by molar-refractivity contribution is -0.118. The van der Waals surface area contributed by atoms with Gasteiger partial charge in [-0.2, -0.15) is 0 Å². The van der Waals surface area contributed by atoms with Gasteiger partial charge in [-0.05, 0) is 24.8 Å². The standard InChI is InChI=1S/C14H20O2/c1-9(2)14(5)6-10-11(15)7-13(3,4)8-12(10)16-14/h1,6-8H2,2-5H3. The fraction of sp³-hybridized carbons (Fsp3) is 0.643. The van der Waals surface area contributed by atoms with E-state index in [0.717, 1.165) is 23.3 Å². The predicted octanol–water partition coefficient (Wildman–Crippen LogP) is 3.38. The minimum atomic E-state index is -0.360. The van der Waals surface area contributed by atoms with Crippen molar-refractivity contribution in [2.24, 2.45) is 5.41 Å². The van der Waals surface area contributed by atoms with Crippen molar-refractivity contribution in [3.63, 3.8) is 0 Å². The first-order valence-electron chi connectivity index (χ1n) is 5.84. The molecule has 0 aromatic carbocycles. The first kappa shape index (κ1) is 11.4. The van der Waals surface area contributed by atoms with Crippen molar-refractivity contribution in [2.75, 3.05) is 0 Å². The van der Waals surface area contributed by atoms with E-state index in [1.807, 2.05) is 13.8 Å². The van der Waals surface area contributed by atoms with Crippen molar-refractivity contribution in [1.29, 1.82) is 0 Å². The summed E-state index contributed by atoms with van der Waals surface area (Å²) in [6.07, 6.45) is 2.21. The van der Waals surface area contributed by atoms with Crippen molar-refractivity contribution in [1.82, 2.24) is 0 Å². The predicted molar refractivity (Wildman–Crippen MR) is 64.0 cm³/mol. The highest BCUT2D eigenvalue weighted by Gasteiger charge is 2.44. The van der Waals surface area contributed by atoms with E-state index in [-0.39, 0.29) is 16.8 Å². The van der Waals surface area contributed by atoms with Crippen molar-refractivity contribution in [3.8, 4) is 0 Å². The maximum Gasteiger partial charge on any atom is 0.162 e. The SMILES string of the molecule is C=C(C)C1(C)CC2=C(CC(C)(C)CC2=O)O1. The fourth-order valence-electron chi connectivity index (χ4n) is 2.48. The second-order valence-corrected chi connectivity index (χ2v) is 6.13. The third kappa shape index (κ3) is 1.70. The molecular weight excluding hydrogens is 200 g/mol. The summed E-state index contributed by atoms with van der Waals surface area (Å²) in [5, 5.41) is 0. The molecule has 2 rings (SSSR count). The van der Waals surface area contributed by atoms with Crippen LogP contribution in [-0.2, 0) is 9.53 Å². The van der Waals surface area contributed by atoms with Crippen LogP contribution in [0, 0.1) is 5.41 Å². The Morgan fingerprint density at radius 1 is 1.25 bits per heavy atom. The second kappa shape index (κ2) is 3.22. The van der Waals surface area contributed by atoms with Crippen LogP contribution in [0.5, 0.6) is 0 Å². The molecule has 0 saturated carbocycles. The van der Waals surface area contributed by atoms with Crippen molar-refractivity contribution in [3.05, 3.63) is 23.5 Å². The molecule has 2 aliphatic rings. The molecular formula is C14H20O2. The van der Waals surface area contributed by atoms with Gasteiger partial charge in [-0.15, -0.1) is 0 Å². The minimum Gasteiger partial charge on any atom is -0.487 e. The zero-order valence-corrected chi connectivity index (χ0v) is 10.6. The van der Waals surface area contributed by atoms with Crippen LogP contribution in [0.1, 0.15) is 47.0 Å². The fourth-order valence-corrected chi connectivity index (χ4v) is 2.48. The molecule has 0 aromatic rings. The Labute approximate surface area is 97.4 Å². The van der Waals surface area contributed by atoms with Gasteiger partial charge in [-0.25, -0.2) is 0 Å². The van der Waals surface area contributed by atoms with Crippen molar-refractivity contribution in [2.45, 2.75) is 52.6 Å². The topological polar surface area (TPSA) is 26.3 Å². The van der Waals surface area contributed by atoms with Crippen molar-refractivity contribution >= 4 is 5.78 Å². The zero-order valence-electron chi connectivity index (χ0n) is 10.6. The van der Waals surface area contributed by atoms with Gasteiger partial charge in [0.05, 0.1) is 0 Å². The molecule has 0 amide bonds. The van der Waals surface area contributed by atoms with Gasteiger partial charge in [0.25, 0.3) is 0 Å². The highest BCUT2D eigenvalue weighted by atomic mass is 16.5. The van der Waals surface area contributed by atoms with Gasteiger partial charge in [0.2, 0.25) is 0 Å². The summed E-state index contributed by atoms with van der Waals surface area (Å²) >= 11 is 0. The van der Waals surface area contributed by atoms with E-state index in [1.165, 1.54) is 0 Å². The van der Waals surface area contributed by atoms with Crippen LogP contribution < -0.4 is 0 Å². The molecule has 0 aromatic heterocycles. The summed E-state index contributed by atoms with van der Waals surface area (Å²) < 4.78 is 5.98. The molecule has 1 aliphatic carbocycles. The third-order valence-electron chi connectivity index (χ3n) is 3.72. The van der Waals surface area contributed by atoms with Gasteiger partial charge in [0.15, 0.2) is 5.78 Å². The molecule has 0 fully saturated rings. The second-order valence-electron chi connectivity index (χ2n) is 6.13. The van der Waals surface area contributed by atoms with E-state index >= 15 is 0 Å². The Balaban J connectivity index is 2.30. The largest absolute Gasteiger partial charge is 0.487 e. The number of carbonyl (C=O) groups is 1. The third-order valence-corrected chi connectivity index (χ3v) is 3.72. The molecule has 0 bridgehead atoms. The maximum atomic E-state index is 12.0. The van der Waals surface area contributed by atoms with Crippen molar-refractivity contribution < 1.29 is 9.53 Å². The summed E-state index contributed by atoms with van der Waals surface area (Å²) in [5.41, 5.74) is 1.58. The van der Waals surface area contributed by atoms with E-state index in [0.29, 0.717) is 12.8 Å². The average Bonchev–Trinajstić information content (AvgIpc) is 2.41. The van der Waals surface area contributed by atoms with Gasteiger partial charge in [0.1, 0.15) is 11.4 Å². The Morgan fingerprint density at radius 3 is 2.44 bits per heavy atom. The monoisotopic (exact) mass is 220 g/mol. The average molecular weight is 220 g/mol. The number of allylic oxidation sites excluding steroid dienone is 1. The molecule has 2 nitrogen and oxygen atoms in total. The van der Waals surface area contributed by atoms with Crippen LogP contribution in [0.2, 0.25) is 0 Å². The lowest BCUT2D eigenvalue weighted by Crippen LogP contribution is -2.25. The zero-order chi connectivity index (χ0) is 12.1. The normalized spacial score (nSPS) is 32.4. The molecule has 0 N–H and O–H groups in total. The quantitative estimate of drug-likeness (QED) is 0.633. The Morgan fingerprint density at radius 2 is 1.88 bits per heavy atom. The van der Waals surface area contributed by atoms with Crippen LogP contribution in [-0.4, -0.2) is 11.4 Å². The Kier molecular flexibility index (Phi) is 2.30. The van der Waals surface area contributed by atoms with E-state index in [4.69, 9.17) is 4.74 Å². The molecule has 1 heterocycles. The summed E-state index contributed by atoms with van der Waals surface area (Å²) in [6, 6.07) is 0. The van der Waals surface area contributed by atoms with E-state index < -0.39 is 0 Å². The molecule has 0 radical (unpaired) electrons. The molecule has 88 valence electrons. The smallest absolute Gasteiger partial charge is 0.162 e.